The fourth-order valence-corrected chi connectivity index (χ4v) is 3.20. The van der Waals surface area contributed by atoms with Gasteiger partial charge >= 0.3 is 6.18 Å². The van der Waals surface area contributed by atoms with Crippen molar-refractivity contribution in [3.05, 3.63) is 47.6 Å². The first kappa shape index (κ1) is 16.0. The number of fused-ring (bicyclic) bond motifs is 3. The summed E-state index contributed by atoms with van der Waals surface area (Å²) < 4.78 is 42.8. The number of halogens is 3. The Balaban J connectivity index is 1.63. The monoisotopic (exact) mass is 364 g/mol. The zero-order valence-electron chi connectivity index (χ0n) is 12.7. The summed E-state index contributed by atoms with van der Waals surface area (Å²) in [5.41, 5.74) is 2.03. The predicted octanol–water partition coefficient (Wildman–Crippen LogP) is 4.08. The molecule has 0 N–H and O–H groups in total. The molecule has 0 bridgehead atoms. The molecule has 25 heavy (non-hydrogen) atoms. The molecule has 4 aromatic rings. The van der Waals surface area contributed by atoms with Crippen LogP contribution in [0.2, 0.25) is 0 Å². The maximum atomic E-state index is 12.2. The summed E-state index contributed by atoms with van der Waals surface area (Å²) in [7, 11) is 0. The summed E-state index contributed by atoms with van der Waals surface area (Å²) in [6.07, 6.45) is -2.74. The molecule has 0 aliphatic heterocycles. The van der Waals surface area contributed by atoms with E-state index >= 15 is 0 Å². The van der Waals surface area contributed by atoms with Gasteiger partial charge in [0, 0.05) is 5.56 Å². The van der Waals surface area contributed by atoms with E-state index in [4.69, 9.17) is 4.74 Å². The average Bonchev–Trinajstić information content (AvgIpc) is 3.20. The third kappa shape index (κ3) is 3.33. The van der Waals surface area contributed by atoms with Crippen LogP contribution in [0.4, 0.5) is 13.2 Å². The second kappa shape index (κ2) is 6.08. The minimum Gasteiger partial charge on any atom is -0.367 e. The van der Waals surface area contributed by atoms with Gasteiger partial charge < -0.3 is 4.74 Å². The molecule has 0 amide bonds. The molecule has 3 aromatic heterocycles. The quantitative estimate of drug-likeness (QED) is 0.547. The maximum absolute atomic E-state index is 12.2. The minimum atomic E-state index is -4.33. The van der Waals surface area contributed by atoms with E-state index in [0.29, 0.717) is 22.6 Å². The van der Waals surface area contributed by atoms with Crippen molar-refractivity contribution in [2.24, 2.45) is 0 Å². The maximum Gasteiger partial charge on any atom is 0.411 e. The molecule has 5 nitrogen and oxygen atoms in total. The molecule has 1 aromatic carbocycles. The van der Waals surface area contributed by atoms with E-state index in [0.717, 1.165) is 10.2 Å². The van der Waals surface area contributed by atoms with Gasteiger partial charge in [-0.15, -0.1) is 16.4 Å². The Morgan fingerprint density at radius 1 is 1.20 bits per heavy atom. The zero-order chi connectivity index (χ0) is 17.4. The number of hydrogen-bond donors (Lipinski definition) is 0. The summed E-state index contributed by atoms with van der Waals surface area (Å²) in [4.78, 5) is 9.73. The SMILES string of the molecule is FC(F)(F)COCc1cccc(-c2nc3c4ccsc4ncn3n2)c1. The van der Waals surface area contributed by atoms with Crippen LogP contribution in [0.25, 0.3) is 27.3 Å². The van der Waals surface area contributed by atoms with Crippen molar-refractivity contribution in [3.8, 4) is 11.4 Å². The summed E-state index contributed by atoms with van der Waals surface area (Å²) in [6, 6.07) is 8.91. The molecule has 0 unspecified atom stereocenters. The summed E-state index contributed by atoms with van der Waals surface area (Å²) in [6.45, 7) is -1.40. The zero-order valence-corrected chi connectivity index (χ0v) is 13.5. The molecule has 0 aliphatic rings. The van der Waals surface area contributed by atoms with Gasteiger partial charge in [0.25, 0.3) is 0 Å². The van der Waals surface area contributed by atoms with Crippen LogP contribution in [0, 0.1) is 0 Å². The fraction of sp³-hybridized carbons (Fsp3) is 0.188. The van der Waals surface area contributed by atoms with Gasteiger partial charge in [-0.1, -0.05) is 18.2 Å². The predicted molar refractivity (Wildman–Crippen MR) is 87.3 cm³/mol. The van der Waals surface area contributed by atoms with Crippen molar-refractivity contribution >= 4 is 27.2 Å². The first-order valence-corrected chi connectivity index (χ1v) is 8.20. The van der Waals surface area contributed by atoms with Crippen molar-refractivity contribution < 1.29 is 17.9 Å². The van der Waals surface area contributed by atoms with Crippen LogP contribution >= 0.6 is 11.3 Å². The molecule has 0 radical (unpaired) electrons. The number of ether oxygens (including phenoxy) is 1. The Bertz CT molecular complexity index is 1040. The molecule has 3 heterocycles. The Morgan fingerprint density at radius 3 is 2.92 bits per heavy atom. The van der Waals surface area contributed by atoms with Crippen molar-refractivity contribution in [1.29, 1.82) is 0 Å². The second-order valence-electron chi connectivity index (χ2n) is 5.40. The third-order valence-electron chi connectivity index (χ3n) is 3.52. The van der Waals surface area contributed by atoms with Gasteiger partial charge in [0.2, 0.25) is 0 Å². The van der Waals surface area contributed by atoms with E-state index < -0.39 is 12.8 Å². The number of rotatable bonds is 4. The van der Waals surface area contributed by atoms with Gasteiger partial charge in [-0.25, -0.2) is 14.5 Å². The van der Waals surface area contributed by atoms with Gasteiger partial charge in [0.1, 0.15) is 17.8 Å². The molecule has 0 spiro atoms. The normalized spacial score (nSPS) is 12.3. The van der Waals surface area contributed by atoms with Crippen LogP contribution in [-0.4, -0.2) is 32.4 Å². The summed E-state index contributed by atoms with van der Waals surface area (Å²) in [5, 5.41) is 7.25. The van der Waals surface area contributed by atoms with E-state index in [2.05, 4.69) is 15.1 Å². The molecule has 4 rings (SSSR count). The van der Waals surface area contributed by atoms with Crippen LogP contribution in [0.15, 0.2) is 42.0 Å². The Kier molecular flexibility index (Phi) is 3.89. The number of hydrogen-bond acceptors (Lipinski definition) is 5. The average molecular weight is 364 g/mol. The third-order valence-corrected chi connectivity index (χ3v) is 4.34. The highest BCUT2D eigenvalue weighted by Gasteiger charge is 2.27. The molecule has 128 valence electrons. The summed E-state index contributed by atoms with van der Waals surface area (Å²) in [5.74, 6) is 0.484. The lowest BCUT2D eigenvalue weighted by Gasteiger charge is -2.08. The Hall–Kier alpha value is -2.52. The fourth-order valence-electron chi connectivity index (χ4n) is 2.47. The number of benzene rings is 1. The first-order chi connectivity index (χ1) is 12.0. The van der Waals surface area contributed by atoms with E-state index in [-0.39, 0.29) is 6.61 Å². The van der Waals surface area contributed by atoms with Crippen molar-refractivity contribution in [1.82, 2.24) is 19.6 Å². The standard InChI is InChI=1S/C16H11F3N4OS/c17-16(18,19)8-24-7-10-2-1-3-11(6-10)13-21-14-12-4-5-25-15(12)20-9-23(14)22-13/h1-6,9H,7-8H2. The van der Waals surface area contributed by atoms with Gasteiger partial charge in [0.15, 0.2) is 11.5 Å². The highest BCUT2D eigenvalue weighted by Crippen LogP contribution is 2.25. The summed E-state index contributed by atoms with van der Waals surface area (Å²) >= 11 is 1.52. The molecule has 0 saturated carbocycles. The molecular formula is C16H11F3N4OS. The minimum absolute atomic E-state index is 0.128. The van der Waals surface area contributed by atoms with Crippen LogP contribution in [0.3, 0.4) is 0 Å². The topological polar surface area (TPSA) is 52.3 Å². The lowest BCUT2D eigenvalue weighted by molar-refractivity contribution is -0.176. The second-order valence-corrected chi connectivity index (χ2v) is 6.29. The van der Waals surface area contributed by atoms with Gasteiger partial charge in [-0.3, -0.25) is 0 Å². The van der Waals surface area contributed by atoms with Crippen LogP contribution < -0.4 is 0 Å². The van der Waals surface area contributed by atoms with Gasteiger partial charge in [0.05, 0.1) is 12.0 Å². The highest BCUT2D eigenvalue weighted by atomic mass is 32.1. The van der Waals surface area contributed by atoms with Crippen LogP contribution in [0.1, 0.15) is 5.56 Å². The van der Waals surface area contributed by atoms with Gasteiger partial charge in [-0.2, -0.15) is 13.2 Å². The molecule has 9 heteroatoms. The van der Waals surface area contributed by atoms with Crippen LogP contribution in [0.5, 0.6) is 0 Å². The molecule has 0 fully saturated rings. The van der Waals surface area contributed by atoms with E-state index in [9.17, 15) is 13.2 Å². The van der Waals surface area contributed by atoms with Crippen molar-refractivity contribution in [2.45, 2.75) is 12.8 Å². The Morgan fingerprint density at radius 2 is 2.08 bits per heavy atom. The molecular weight excluding hydrogens is 353 g/mol. The number of aromatic nitrogens is 4. The molecule has 0 aliphatic carbocycles. The van der Waals surface area contributed by atoms with Crippen molar-refractivity contribution in [2.75, 3.05) is 6.61 Å². The van der Waals surface area contributed by atoms with Gasteiger partial charge in [-0.05, 0) is 23.1 Å². The lowest BCUT2D eigenvalue weighted by atomic mass is 10.1. The Labute approximate surface area is 143 Å². The van der Waals surface area contributed by atoms with E-state index in [1.165, 1.54) is 11.3 Å². The van der Waals surface area contributed by atoms with Crippen molar-refractivity contribution in [3.63, 3.8) is 0 Å². The first-order valence-electron chi connectivity index (χ1n) is 7.32. The van der Waals surface area contributed by atoms with Crippen LogP contribution in [-0.2, 0) is 11.3 Å². The highest BCUT2D eigenvalue weighted by molar-refractivity contribution is 7.16. The number of nitrogens with zero attached hydrogens (tertiary/aromatic N) is 4. The molecule has 0 saturated heterocycles. The van der Waals surface area contributed by atoms with E-state index in [1.54, 1.807) is 35.1 Å². The molecule has 0 atom stereocenters. The number of alkyl halides is 3. The number of thiophene rings is 1. The van der Waals surface area contributed by atoms with E-state index in [1.807, 2.05) is 11.4 Å². The lowest BCUT2D eigenvalue weighted by Crippen LogP contribution is -2.16. The smallest absolute Gasteiger partial charge is 0.367 e. The largest absolute Gasteiger partial charge is 0.411 e.